The van der Waals surface area contributed by atoms with Gasteiger partial charge in [-0.3, -0.25) is 0 Å². The van der Waals surface area contributed by atoms with Gasteiger partial charge in [0.25, 0.3) is 0 Å². The average Bonchev–Trinajstić information content (AvgIpc) is 3.20. The summed E-state index contributed by atoms with van der Waals surface area (Å²) < 4.78 is 0. The lowest BCUT2D eigenvalue weighted by atomic mass is 9.75. The summed E-state index contributed by atoms with van der Waals surface area (Å²) >= 11 is 8.08. The minimum atomic E-state index is -0.369. The first-order chi connectivity index (χ1) is 12.2. The van der Waals surface area contributed by atoms with E-state index in [1.165, 1.54) is 17.5 Å². The number of nitrogens with one attached hydrogen (secondary N) is 2. The van der Waals surface area contributed by atoms with Crippen LogP contribution in [0.15, 0.2) is 34.7 Å². The molecular formula is C17H14ClN5OS. The molecule has 0 bridgehead atoms. The maximum absolute atomic E-state index is 11.5. The van der Waals surface area contributed by atoms with Crippen molar-refractivity contribution in [3.8, 4) is 10.7 Å². The van der Waals surface area contributed by atoms with Gasteiger partial charge in [-0.15, -0.1) is 11.3 Å². The molecule has 1 fully saturated rings. The van der Waals surface area contributed by atoms with Crippen molar-refractivity contribution in [1.29, 1.82) is 0 Å². The normalized spacial score (nSPS) is 21.8. The van der Waals surface area contributed by atoms with Gasteiger partial charge in [-0.25, -0.2) is 19.7 Å². The van der Waals surface area contributed by atoms with Crippen molar-refractivity contribution >= 4 is 28.8 Å². The number of hydrogen-bond acceptors (Lipinski definition) is 6. The van der Waals surface area contributed by atoms with Crippen LogP contribution in [0.4, 0.5) is 5.82 Å². The van der Waals surface area contributed by atoms with Crippen LogP contribution in [0.5, 0.6) is 0 Å². The van der Waals surface area contributed by atoms with Crippen LogP contribution in [0.2, 0.25) is 5.02 Å². The van der Waals surface area contributed by atoms with E-state index in [0.29, 0.717) is 11.6 Å². The molecule has 0 aromatic carbocycles. The molecule has 1 aliphatic carbocycles. The standard InChI is InChI=1S/C17H14ClN5OS/c18-10-3-5-19-14-13(10)17(8-21-14,9-1-2-9)12-7-25-15(23-12)11-4-6-20-16(24)22-11/h3-7,9H,1-2,8H2,(H,19,21)(H,20,22,24). The fraction of sp³-hybridized carbons (Fsp3) is 0.294. The Kier molecular flexibility index (Phi) is 3.23. The summed E-state index contributed by atoms with van der Waals surface area (Å²) in [5.74, 6) is 1.36. The summed E-state index contributed by atoms with van der Waals surface area (Å²) in [5.41, 5.74) is 2.12. The molecule has 25 heavy (non-hydrogen) atoms. The molecule has 126 valence electrons. The van der Waals surface area contributed by atoms with E-state index in [1.807, 2.05) is 6.07 Å². The highest BCUT2D eigenvalue weighted by atomic mass is 35.5. The molecule has 0 radical (unpaired) electrons. The zero-order valence-corrected chi connectivity index (χ0v) is 14.7. The Bertz CT molecular complexity index is 1030. The first-order valence-electron chi connectivity index (χ1n) is 8.09. The molecule has 2 aliphatic rings. The van der Waals surface area contributed by atoms with Crippen molar-refractivity contribution in [3.05, 3.63) is 56.7 Å². The van der Waals surface area contributed by atoms with Gasteiger partial charge in [0.2, 0.25) is 0 Å². The molecular weight excluding hydrogens is 358 g/mol. The first kappa shape index (κ1) is 15.0. The lowest BCUT2D eigenvalue weighted by Gasteiger charge is -2.28. The number of anilines is 1. The molecule has 6 nitrogen and oxygen atoms in total. The maximum atomic E-state index is 11.5. The van der Waals surface area contributed by atoms with Gasteiger partial charge >= 0.3 is 5.69 Å². The van der Waals surface area contributed by atoms with E-state index in [9.17, 15) is 4.79 Å². The van der Waals surface area contributed by atoms with Crippen LogP contribution < -0.4 is 11.0 Å². The van der Waals surface area contributed by atoms with E-state index in [0.717, 1.165) is 46.5 Å². The number of H-pyrrole nitrogens is 1. The zero-order chi connectivity index (χ0) is 17.0. The predicted molar refractivity (Wildman–Crippen MR) is 97.2 cm³/mol. The van der Waals surface area contributed by atoms with Gasteiger partial charge in [-0.2, -0.15) is 0 Å². The molecule has 3 aromatic heterocycles. The number of aromatic nitrogens is 4. The Morgan fingerprint density at radius 2 is 2.08 bits per heavy atom. The number of pyridine rings is 1. The lowest BCUT2D eigenvalue weighted by molar-refractivity contribution is 0.481. The van der Waals surface area contributed by atoms with Crippen LogP contribution in [0.3, 0.4) is 0 Å². The number of halogens is 1. The Morgan fingerprint density at radius 3 is 2.88 bits per heavy atom. The second kappa shape index (κ2) is 5.37. The van der Waals surface area contributed by atoms with Crippen LogP contribution in [0.1, 0.15) is 24.1 Å². The molecule has 3 aromatic rings. The van der Waals surface area contributed by atoms with E-state index < -0.39 is 0 Å². The van der Waals surface area contributed by atoms with Crippen molar-refractivity contribution < 1.29 is 0 Å². The summed E-state index contributed by atoms with van der Waals surface area (Å²) in [7, 11) is 0. The van der Waals surface area contributed by atoms with Crippen molar-refractivity contribution in [1.82, 2.24) is 19.9 Å². The molecule has 8 heteroatoms. The number of aromatic amines is 1. The van der Waals surface area contributed by atoms with E-state index in [-0.39, 0.29) is 11.1 Å². The third-order valence-corrected chi connectivity index (χ3v) is 6.21. The second-order valence-electron chi connectivity index (χ2n) is 6.44. The molecule has 2 N–H and O–H groups in total. The Hall–Kier alpha value is -2.25. The largest absolute Gasteiger partial charge is 0.368 e. The highest BCUT2D eigenvalue weighted by molar-refractivity contribution is 7.13. The van der Waals surface area contributed by atoms with Gasteiger partial charge in [0.1, 0.15) is 10.8 Å². The molecule has 1 unspecified atom stereocenters. The minimum Gasteiger partial charge on any atom is -0.368 e. The molecule has 5 rings (SSSR count). The summed E-state index contributed by atoms with van der Waals surface area (Å²) in [6.07, 6.45) is 5.54. The van der Waals surface area contributed by atoms with Gasteiger partial charge in [0, 0.05) is 29.9 Å². The average molecular weight is 372 g/mol. The van der Waals surface area contributed by atoms with Gasteiger partial charge in [0.05, 0.1) is 21.8 Å². The smallest absolute Gasteiger partial charge is 0.345 e. The Balaban J connectivity index is 1.66. The van der Waals surface area contributed by atoms with E-state index >= 15 is 0 Å². The van der Waals surface area contributed by atoms with Crippen molar-refractivity contribution in [2.45, 2.75) is 18.3 Å². The molecule has 1 aliphatic heterocycles. The van der Waals surface area contributed by atoms with Crippen LogP contribution in [0.25, 0.3) is 10.7 Å². The van der Waals surface area contributed by atoms with Crippen LogP contribution in [-0.2, 0) is 5.41 Å². The summed E-state index contributed by atoms with van der Waals surface area (Å²) in [6, 6.07) is 3.61. The third-order valence-electron chi connectivity index (χ3n) is 5.02. The number of hydrogen-bond donors (Lipinski definition) is 2. The molecule has 0 spiro atoms. The topological polar surface area (TPSA) is 83.6 Å². The molecule has 0 saturated heterocycles. The summed E-state index contributed by atoms with van der Waals surface area (Å²) in [4.78, 5) is 27.2. The SMILES string of the molecule is O=c1nccc(-c2nc(C3(C4CC4)CNc4nccc(Cl)c43)cs2)[nH]1. The first-order valence-corrected chi connectivity index (χ1v) is 9.35. The van der Waals surface area contributed by atoms with E-state index in [4.69, 9.17) is 16.6 Å². The monoisotopic (exact) mass is 371 g/mol. The van der Waals surface area contributed by atoms with Crippen LogP contribution in [0, 0.1) is 5.92 Å². The molecule has 4 heterocycles. The number of rotatable bonds is 3. The van der Waals surface area contributed by atoms with Gasteiger partial charge in [-0.1, -0.05) is 11.6 Å². The van der Waals surface area contributed by atoms with Crippen molar-refractivity contribution in [2.24, 2.45) is 5.92 Å². The van der Waals surface area contributed by atoms with Gasteiger partial charge < -0.3 is 10.3 Å². The molecule has 0 amide bonds. The second-order valence-corrected chi connectivity index (χ2v) is 7.71. The van der Waals surface area contributed by atoms with Gasteiger partial charge in [0.15, 0.2) is 0 Å². The van der Waals surface area contributed by atoms with Crippen LogP contribution in [-0.4, -0.2) is 26.5 Å². The van der Waals surface area contributed by atoms with Crippen molar-refractivity contribution in [3.63, 3.8) is 0 Å². The molecule has 1 saturated carbocycles. The summed E-state index contributed by atoms with van der Waals surface area (Å²) in [5, 5.41) is 7.00. The highest BCUT2D eigenvalue weighted by Gasteiger charge is 2.54. The molecule has 1 atom stereocenters. The van der Waals surface area contributed by atoms with Crippen molar-refractivity contribution in [2.75, 3.05) is 11.9 Å². The lowest BCUT2D eigenvalue weighted by Crippen LogP contribution is -2.33. The number of nitrogens with zero attached hydrogens (tertiary/aromatic N) is 3. The van der Waals surface area contributed by atoms with Gasteiger partial charge in [-0.05, 0) is 30.9 Å². The maximum Gasteiger partial charge on any atom is 0.345 e. The number of fused-ring (bicyclic) bond motifs is 1. The fourth-order valence-corrected chi connectivity index (χ4v) is 4.95. The fourth-order valence-electron chi connectivity index (χ4n) is 3.76. The van der Waals surface area contributed by atoms with E-state index in [2.05, 4.69) is 25.6 Å². The third kappa shape index (κ3) is 2.22. The quantitative estimate of drug-likeness (QED) is 0.739. The highest BCUT2D eigenvalue weighted by Crippen LogP contribution is 2.57. The van der Waals surface area contributed by atoms with E-state index in [1.54, 1.807) is 12.3 Å². The minimum absolute atomic E-state index is 0.247. The predicted octanol–water partition coefficient (Wildman–Crippen LogP) is 3.06. The number of thiazole rings is 1. The van der Waals surface area contributed by atoms with Crippen LogP contribution >= 0.6 is 22.9 Å². The summed E-state index contributed by atoms with van der Waals surface area (Å²) in [6.45, 7) is 0.750. The zero-order valence-electron chi connectivity index (χ0n) is 13.1. The Labute approximate surface area is 152 Å². The Morgan fingerprint density at radius 1 is 1.24 bits per heavy atom.